The van der Waals surface area contributed by atoms with Crippen molar-refractivity contribution in [2.45, 2.75) is 26.3 Å². The normalized spacial score (nSPS) is 20.1. The summed E-state index contributed by atoms with van der Waals surface area (Å²) >= 11 is 0. The molecule has 1 aromatic rings. The summed E-state index contributed by atoms with van der Waals surface area (Å²) in [5, 5.41) is 8.83. The Bertz CT molecular complexity index is 462. The Hall–Kier alpha value is -1.82. The highest BCUT2D eigenvalue weighted by molar-refractivity contribution is 5.79. The highest BCUT2D eigenvalue weighted by Gasteiger charge is 2.24. The number of likely N-dealkylation sites (tertiary alicyclic amines) is 1. The smallest absolute Gasteiger partial charge is 0.225 e. The van der Waals surface area contributed by atoms with E-state index in [1.165, 1.54) is 0 Å². The monoisotopic (exact) mass is 228 g/mol. The van der Waals surface area contributed by atoms with Crippen molar-refractivity contribution >= 4 is 5.91 Å². The zero-order chi connectivity index (χ0) is 12.3. The zero-order valence-corrected chi connectivity index (χ0v) is 10.0. The van der Waals surface area contributed by atoms with Crippen molar-refractivity contribution in [3.05, 3.63) is 35.4 Å². The summed E-state index contributed by atoms with van der Waals surface area (Å²) in [6, 6.07) is 9.59. The molecule has 1 fully saturated rings. The van der Waals surface area contributed by atoms with E-state index in [2.05, 4.69) is 6.07 Å². The number of rotatable bonds is 2. The van der Waals surface area contributed by atoms with Gasteiger partial charge in [0.2, 0.25) is 5.91 Å². The van der Waals surface area contributed by atoms with Crippen LogP contribution in [0.3, 0.4) is 0 Å². The Kier molecular flexibility index (Phi) is 3.43. The van der Waals surface area contributed by atoms with Crippen LogP contribution in [0.5, 0.6) is 0 Å². The molecule has 0 radical (unpaired) electrons. The van der Waals surface area contributed by atoms with Crippen LogP contribution in [-0.2, 0) is 11.3 Å². The Balaban J connectivity index is 2.10. The maximum absolute atomic E-state index is 11.9. The summed E-state index contributed by atoms with van der Waals surface area (Å²) < 4.78 is 0. The molecule has 1 heterocycles. The first-order valence-electron chi connectivity index (χ1n) is 5.98. The molecule has 0 N–H and O–H groups in total. The van der Waals surface area contributed by atoms with Crippen LogP contribution in [0.25, 0.3) is 0 Å². The molecule has 1 atom stereocenters. The molecular weight excluding hydrogens is 212 g/mol. The molecule has 1 aliphatic rings. The lowest BCUT2D eigenvalue weighted by Crippen LogP contribution is -2.39. The summed E-state index contributed by atoms with van der Waals surface area (Å²) in [6.07, 6.45) is 2.07. The van der Waals surface area contributed by atoms with Gasteiger partial charge in [0.1, 0.15) is 0 Å². The van der Waals surface area contributed by atoms with Gasteiger partial charge in [-0.2, -0.15) is 5.26 Å². The van der Waals surface area contributed by atoms with Crippen LogP contribution in [-0.4, -0.2) is 17.4 Å². The number of hydrogen-bond donors (Lipinski definition) is 0. The van der Waals surface area contributed by atoms with Crippen LogP contribution in [0.15, 0.2) is 24.3 Å². The molecular formula is C14H16N2O. The predicted molar refractivity (Wildman–Crippen MR) is 65.0 cm³/mol. The summed E-state index contributed by atoms with van der Waals surface area (Å²) in [5.74, 6) is 0.376. The molecule has 0 aromatic heterocycles. The molecule has 0 spiro atoms. The number of carbonyl (C=O) groups is 1. The van der Waals surface area contributed by atoms with Gasteiger partial charge < -0.3 is 4.90 Å². The standard InChI is InChI=1S/C14H16N2O/c1-11-4-3-7-16(14(11)17)10-13-6-2-5-12(8-13)9-15/h2,5-6,8,11H,3-4,7,10H2,1H3. The number of benzene rings is 1. The van der Waals surface area contributed by atoms with Gasteiger partial charge in [0.15, 0.2) is 0 Å². The van der Waals surface area contributed by atoms with E-state index in [1.807, 2.05) is 30.0 Å². The maximum atomic E-state index is 11.9. The van der Waals surface area contributed by atoms with Gasteiger partial charge in [0, 0.05) is 19.0 Å². The Labute approximate surface area is 102 Å². The van der Waals surface area contributed by atoms with Crippen LogP contribution >= 0.6 is 0 Å². The number of amides is 1. The highest BCUT2D eigenvalue weighted by Crippen LogP contribution is 2.19. The lowest BCUT2D eigenvalue weighted by Gasteiger charge is -2.30. The zero-order valence-electron chi connectivity index (χ0n) is 10.0. The van der Waals surface area contributed by atoms with Gasteiger partial charge in [-0.15, -0.1) is 0 Å². The first-order chi connectivity index (χ1) is 8.20. The average molecular weight is 228 g/mol. The fourth-order valence-electron chi connectivity index (χ4n) is 2.25. The van der Waals surface area contributed by atoms with Crippen molar-refractivity contribution in [3.63, 3.8) is 0 Å². The first kappa shape index (κ1) is 11.7. The molecule has 3 nitrogen and oxygen atoms in total. The number of nitriles is 1. The van der Waals surface area contributed by atoms with Crippen LogP contribution < -0.4 is 0 Å². The van der Waals surface area contributed by atoms with E-state index in [4.69, 9.17) is 5.26 Å². The second kappa shape index (κ2) is 5.01. The largest absolute Gasteiger partial charge is 0.338 e. The summed E-state index contributed by atoms with van der Waals surface area (Å²) in [6.45, 7) is 3.44. The summed E-state index contributed by atoms with van der Waals surface area (Å²) in [4.78, 5) is 13.8. The minimum Gasteiger partial charge on any atom is -0.338 e. The third-order valence-corrected chi connectivity index (χ3v) is 3.23. The third-order valence-electron chi connectivity index (χ3n) is 3.23. The van der Waals surface area contributed by atoms with Gasteiger partial charge in [0.05, 0.1) is 11.6 Å². The van der Waals surface area contributed by atoms with E-state index < -0.39 is 0 Å². The molecule has 1 unspecified atom stereocenters. The molecule has 2 rings (SSSR count). The highest BCUT2D eigenvalue weighted by atomic mass is 16.2. The molecule has 17 heavy (non-hydrogen) atoms. The van der Waals surface area contributed by atoms with Crippen LogP contribution in [0, 0.1) is 17.2 Å². The van der Waals surface area contributed by atoms with E-state index in [0.29, 0.717) is 12.1 Å². The van der Waals surface area contributed by atoms with Crippen molar-refractivity contribution < 1.29 is 4.79 Å². The van der Waals surface area contributed by atoms with Gasteiger partial charge in [-0.05, 0) is 30.5 Å². The summed E-state index contributed by atoms with van der Waals surface area (Å²) in [7, 11) is 0. The van der Waals surface area contributed by atoms with E-state index in [9.17, 15) is 4.79 Å². The molecule has 1 saturated heterocycles. The fourth-order valence-corrected chi connectivity index (χ4v) is 2.25. The van der Waals surface area contributed by atoms with Crippen molar-refractivity contribution in [1.82, 2.24) is 4.90 Å². The van der Waals surface area contributed by atoms with Gasteiger partial charge in [-0.25, -0.2) is 0 Å². The molecule has 1 amide bonds. The maximum Gasteiger partial charge on any atom is 0.225 e. The molecule has 1 aromatic carbocycles. The van der Waals surface area contributed by atoms with Gasteiger partial charge in [0.25, 0.3) is 0 Å². The number of hydrogen-bond acceptors (Lipinski definition) is 2. The number of piperidine rings is 1. The second-order valence-corrected chi connectivity index (χ2v) is 4.62. The number of nitrogens with zero attached hydrogens (tertiary/aromatic N) is 2. The molecule has 0 bridgehead atoms. The Morgan fingerprint density at radius 3 is 3.12 bits per heavy atom. The van der Waals surface area contributed by atoms with Gasteiger partial charge in [-0.1, -0.05) is 19.1 Å². The van der Waals surface area contributed by atoms with Crippen molar-refractivity contribution in [1.29, 1.82) is 5.26 Å². The topological polar surface area (TPSA) is 44.1 Å². The predicted octanol–water partition coefficient (Wildman–Crippen LogP) is 2.32. The SMILES string of the molecule is CC1CCCN(Cc2cccc(C#N)c2)C1=O. The van der Waals surface area contributed by atoms with E-state index >= 15 is 0 Å². The quantitative estimate of drug-likeness (QED) is 0.779. The van der Waals surface area contributed by atoms with Crippen molar-refractivity contribution in [2.75, 3.05) is 6.54 Å². The van der Waals surface area contributed by atoms with E-state index in [0.717, 1.165) is 24.9 Å². The molecule has 3 heteroatoms. The lowest BCUT2D eigenvalue weighted by atomic mass is 9.98. The summed E-state index contributed by atoms with van der Waals surface area (Å²) in [5.41, 5.74) is 1.69. The minimum absolute atomic E-state index is 0.142. The van der Waals surface area contributed by atoms with Crippen LogP contribution in [0.1, 0.15) is 30.9 Å². The first-order valence-corrected chi connectivity index (χ1v) is 5.98. The van der Waals surface area contributed by atoms with Gasteiger partial charge in [-0.3, -0.25) is 4.79 Å². The van der Waals surface area contributed by atoms with Crippen LogP contribution in [0.2, 0.25) is 0 Å². The van der Waals surface area contributed by atoms with Crippen molar-refractivity contribution in [2.24, 2.45) is 5.92 Å². The van der Waals surface area contributed by atoms with E-state index in [-0.39, 0.29) is 11.8 Å². The lowest BCUT2D eigenvalue weighted by molar-refractivity contribution is -0.138. The molecule has 0 aliphatic carbocycles. The molecule has 1 aliphatic heterocycles. The fraction of sp³-hybridized carbons (Fsp3) is 0.429. The Morgan fingerprint density at radius 1 is 1.53 bits per heavy atom. The second-order valence-electron chi connectivity index (χ2n) is 4.62. The minimum atomic E-state index is 0.142. The third kappa shape index (κ3) is 2.65. The Morgan fingerprint density at radius 2 is 2.35 bits per heavy atom. The van der Waals surface area contributed by atoms with E-state index in [1.54, 1.807) is 6.07 Å². The van der Waals surface area contributed by atoms with Gasteiger partial charge >= 0.3 is 0 Å². The molecule has 0 saturated carbocycles. The van der Waals surface area contributed by atoms with Crippen molar-refractivity contribution in [3.8, 4) is 6.07 Å². The molecule has 88 valence electrons. The average Bonchev–Trinajstić information content (AvgIpc) is 2.35. The van der Waals surface area contributed by atoms with Crippen LogP contribution in [0.4, 0.5) is 0 Å². The number of carbonyl (C=O) groups excluding carboxylic acids is 1.